The molecule has 1 amide bonds. The van der Waals surface area contributed by atoms with E-state index in [0.717, 1.165) is 16.8 Å². The fourth-order valence-electron chi connectivity index (χ4n) is 2.83. The Balaban J connectivity index is 2.07. The van der Waals surface area contributed by atoms with E-state index in [2.05, 4.69) is 5.32 Å². The van der Waals surface area contributed by atoms with Crippen molar-refractivity contribution in [2.24, 2.45) is 5.92 Å². The first-order valence-electron chi connectivity index (χ1n) is 7.89. The van der Waals surface area contributed by atoms with Gasteiger partial charge in [-0.2, -0.15) is 5.26 Å². The number of para-hydroxylation sites is 1. The molecule has 0 bridgehead atoms. The second-order valence-electron chi connectivity index (χ2n) is 5.99. The van der Waals surface area contributed by atoms with Gasteiger partial charge in [0.05, 0.1) is 5.92 Å². The summed E-state index contributed by atoms with van der Waals surface area (Å²) in [6, 6.07) is 7.78. The van der Waals surface area contributed by atoms with Crippen LogP contribution in [0.25, 0.3) is 0 Å². The third-order valence-corrected chi connectivity index (χ3v) is 4.32. The smallest absolute Gasteiger partial charge is 0.306 e. The summed E-state index contributed by atoms with van der Waals surface area (Å²) >= 11 is 0. The van der Waals surface area contributed by atoms with Crippen molar-refractivity contribution >= 4 is 17.6 Å². The van der Waals surface area contributed by atoms with Crippen LogP contribution in [-0.2, 0) is 9.59 Å². The summed E-state index contributed by atoms with van der Waals surface area (Å²) in [6.07, 6.45) is 2.27. The van der Waals surface area contributed by atoms with E-state index >= 15 is 0 Å². The molecule has 0 aliphatic carbocycles. The van der Waals surface area contributed by atoms with Crippen LogP contribution in [0.5, 0.6) is 0 Å². The van der Waals surface area contributed by atoms with Gasteiger partial charge < -0.3 is 15.3 Å². The highest BCUT2D eigenvalue weighted by Crippen LogP contribution is 2.21. The first-order valence-corrected chi connectivity index (χ1v) is 7.89. The zero-order valence-corrected chi connectivity index (χ0v) is 13.9. The first-order chi connectivity index (χ1) is 11.4. The predicted octanol–water partition coefficient (Wildman–Crippen LogP) is 2.45. The highest BCUT2D eigenvalue weighted by molar-refractivity contribution is 5.97. The highest BCUT2D eigenvalue weighted by atomic mass is 16.4. The molecule has 0 spiro atoms. The summed E-state index contributed by atoms with van der Waals surface area (Å²) in [7, 11) is 0. The van der Waals surface area contributed by atoms with Gasteiger partial charge in [-0.15, -0.1) is 0 Å². The molecule has 1 saturated heterocycles. The molecule has 0 radical (unpaired) electrons. The predicted molar refractivity (Wildman–Crippen MR) is 90.2 cm³/mol. The van der Waals surface area contributed by atoms with Gasteiger partial charge in [-0.05, 0) is 37.8 Å². The summed E-state index contributed by atoms with van der Waals surface area (Å²) < 4.78 is 0. The molecule has 1 aliphatic heterocycles. The Labute approximate surface area is 141 Å². The summed E-state index contributed by atoms with van der Waals surface area (Å²) in [4.78, 5) is 25.0. The molecular formula is C18H21N3O3. The Morgan fingerprint density at radius 3 is 2.38 bits per heavy atom. The van der Waals surface area contributed by atoms with Crippen molar-refractivity contribution in [2.75, 3.05) is 18.4 Å². The van der Waals surface area contributed by atoms with E-state index in [1.54, 1.807) is 4.90 Å². The van der Waals surface area contributed by atoms with Gasteiger partial charge in [0.2, 0.25) is 0 Å². The normalized spacial score (nSPS) is 15.7. The minimum atomic E-state index is -0.824. The molecule has 2 rings (SSSR count). The van der Waals surface area contributed by atoms with E-state index in [0.29, 0.717) is 25.9 Å². The molecule has 0 atom stereocenters. The van der Waals surface area contributed by atoms with Crippen LogP contribution in [0.15, 0.2) is 30.0 Å². The number of carboxylic acids is 1. The fraction of sp³-hybridized carbons (Fsp3) is 0.389. The number of aliphatic carboxylic acids is 1. The minimum Gasteiger partial charge on any atom is -0.481 e. The molecule has 24 heavy (non-hydrogen) atoms. The summed E-state index contributed by atoms with van der Waals surface area (Å²) in [6.45, 7) is 4.62. The van der Waals surface area contributed by atoms with Crippen molar-refractivity contribution in [3.8, 4) is 6.07 Å². The highest BCUT2D eigenvalue weighted by Gasteiger charge is 2.28. The number of aryl methyl sites for hydroxylation is 2. The standard InChI is InChI=1S/C18H21N3O3/c1-12-4-3-5-13(2)16(12)20-11-15(10-19)17(22)21-8-6-14(7-9-21)18(23)24/h3-5,11,14,20H,6-9H2,1-2H3,(H,23,24)/b15-11-. The van der Waals surface area contributed by atoms with Gasteiger partial charge in [-0.3, -0.25) is 9.59 Å². The van der Waals surface area contributed by atoms with Crippen LogP contribution in [-0.4, -0.2) is 35.0 Å². The van der Waals surface area contributed by atoms with Gasteiger partial charge in [0.1, 0.15) is 11.6 Å². The molecule has 126 valence electrons. The van der Waals surface area contributed by atoms with Crippen LogP contribution >= 0.6 is 0 Å². The number of hydrogen-bond acceptors (Lipinski definition) is 4. The van der Waals surface area contributed by atoms with Gasteiger partial charge >= 0.3 is 5.97 Å². The number of carbonyl (C=O) groups is 2. The molecule has 0 saturated carbocycles. The van der Waals surface area contributed by atoms with Crippen LogP contribution in [0.1, 0.15) is 24.0 Å². The number of hydrogen-bond donors (Lipinski definition) is 2. The number of benzene rings is 1. The molecule has 1 aliphatic rings. The van der Waals surface area contributed by atoms with Crippen molar-refractivity contribution in [3.05, 3.63) is 41.1 Å². The van der Waals surface area contributed by atoms with Gasteiger partial charge in [-0.25, -0.2) is 0 Å². The van der Waals surface area contributed by atoms with E-state index in [1.807, 2.05) is 38.1 Å². The van der Waals surface area contributed by atoms with Crippen LogP contribution < -0.4 is 5.32 Å². The zero-order chi connectivity index (χ0) is 17.7. The number of nitrogens with zero attached hydrogens (tertiary/aromatic N) is 2. The molecule has 6 heteroatoms. The summed E-state index contributed by atoms with van der Waals surface area (Å²) in [5, 5.41) is 21.3. The number of carboxylic acid groups (broad SMARTS) is 1. The Morgan fingerprint density at radius 2 is 1.88 bits per heavy atom. The lowest BCUT2D eigenvalue weighted by molar-refractivity contribution is -0.145. The van der Waals surface area contributed by atoms with Crippen LogP contribution in [0.4, 0.5) is 5.69 Å². The third-order valence-electron chi connectivity index (χ3n) is 4.32. The summed E-state index contributed by atoms with van der Waals surface area (Å²) in [5.74, 6) is -1.59. The molecular weight excluding hydrogens is 306 g/mol. The lowest BCUT2D eigenvalue weighted by Crippen LogP contribution is -2.40. The number of nitriles is 1. The average Bonchev–Trinajstić information content (AvgIpc) is 2.57. The topological polar surface area (TPSA) is 93.4 Å². The molecule has 2 N–H and O–H groups in total. The Kier molecular flexibility index (Phi) is 5.59. The number of piperidine rings is 1. The van der Waals surface area contributed by atoms with Gasteiger partial charge in [0, 0.05) is 25.0 Å². The number of amides is 1. The van der Waals surface area contributed by atoms with E-state index < -0.39 is 11.9 Å². The average molecular weight is 327 g/mol. The maximum absolute atomic E-state index is 12.4. The lowest BCUT2D eigenvalue weighted by atomic mass is 9.97. The van der Waals surface area contributed by atoms with E-state index in [9.17, 15) is 14.9 Å². The van der Waals surface area contributed by atoms with Crippen LogP contribution in [0, 0.1) is 31.1 Å². The quantitative estimate of drug-likeness (QED) is 0.654. The monoisotopic (exact) mass is 327 g/mol. The van der Waals surface area contributed by atoms with E-state index in [-0.39, 0.29) is 11.5 Å². The minimum absolute atomic E-state index is 0.0198. The van der Waals surface area contributed by atoms with Crippen LogP contribution in [0.3, 0.4) is 0 Å². The van der Waals surface area contributed by atoms with Crippen molar-refractivity contribution in [1.29, 1.82) is 5.26 Å². The van der Waals surface area contributed by atoms with Gasteiger partial charge in [-0.1, -0.05) is 18.2 Å². The largest absolute Gasteiger partial charge is 0.481 e. The Bertz CT molecular complexity index is 690. The molecule has 0 unspecified atom stereocenters. The van der Waals surface area contributed by atoms with E-state index in [1.165, 1.54) is 6.20 Å². The molecule has 1 aromatic rings. The Hall–Kier alpha value is -2.81. The Morgan fingerprint density at radius 1 is 1.29 bits per heavy atom. The van der Waals surface area contributed by atoms with Crippen molar-refractivity contribution in [2.45, 2.75) is 26.7 Å². The van der Waals surface area contributed by atoms with Crippen molar-refractivity contribution < 1.29 is 14.7 Å². The second-order valence-corrected chi connectivity index (χ2v) is 5.99. The van der Waals surface area contributed by atoms with Gasteiger partial charge in [0.25, 0.3) is 5.91 Å². The lowest BCUT2D eigenvalue weighted by Gasteiger charge is -2.29. The molecule has 1 heterocycles. The molecule has 6 nitrogen and oxygen atoms in total. The second kappa shape index (κ2) is 7.64. The van der Waals surface area contributed by atoms with Crippen molar-refractivity contribution in [1.82, 2.24) is 4.90 Å². The molecule has 1 aromatic carbocycles. The number of rotatable bonds is 4. The maximum atomic E-state index is 12.4. The maximum Gasteiger partial charge on any atom is 0.306 e. The number of carbonyl (C=O) groups excluding carboxylic acids is 1. The third kappa shape index (κ3) is 3.93. The number of anilines is 1. The van der Waals surface area contributed by atoms with Crippen LogP contribution in [0.2, 0.25) is 0 Å². The number of nitrogens with one attached hydrogen (secondary N) is 1. The first kappa shape index (κ1) is 17.5. The van der Waals surface area contributed by atoms with Crippen molar-refractivity contribution in [3.63, 3.8) is 0 Å². The summed E-state index contributed by atoms with van der Waals surface area (Å²) in [5.41, 5.74) is 2.95. The van der Waals surface area contributed by atoms with E-state index in [4.69, 9.17) is 5.11 Å². The molecule has 0 aromatic heterocycles. The fourth-order valence-corrected chi connectivity index (χ4v) is 2.83. The SMILES string of the molecule is Cc1cccc(C)c1N/C=C(/C#N)C(=O)N1CCC(C(=O)O)CC1. The zero-order valence-electron chi connectivity index (χ0n) is 13.9. The number of likely N-dealkylation sites (tertiary alicyclic amines) is 1. The van der Waals surface area contributed by atoms with Gasteiger partial charge in [0.15, 0.2) is 0 Å². The molecule has 1 fully saturated rings.